The minimum absolute atomic E-state index is 0.253. The second-order valence-electron chi connectivity index (χ2n) is 6.96. The number of hydrogen-bond donors (Lipinski definition) is 1. The molecule has 0 spiro atoms. The number of nitrogens with zero attached hydrogens (tertiary/aromatic N) is 1. The third-order valence-corrected chi connectivity index (χ3v) is 4.71. The third kappa shape index (κ3) is 6.54. The van der Waals surface area contributed by atoms with Gasteiger partial charge in [-0.1, -0.05) is 30.3 Å². The van der Waals surface area contributed by atoms with Crippen LogP contribution in [0.3, 0.4) is 0 Å². The minimum Gasteiger partial charge on any atom is -0.497 e. The summed E-state index contributed by atoms with van der Waals surface area (Å²) in [6.45, 7) is 3.26. The highest BCUT2D eigenvalue weighted by atomic mass is 16.5. The van der Waals surface area contributed by atoms with Crippen molar-refractivity contribution < 1.29 is 19.3 Å². The van der Waals surface area contributed by atoms with Crippen molar-refractivity contribution in [2.45, 2.75) is 31.6 Å². The predicted octanol–water partition coefficient (Wildman–Crippen LogP) is 3.12. The zero-order chi connectivity index (χ0) is 18.9. The van der Waals surface area contributed by atoms with Gasteiger partial charge in [-0.2, -0.15) is 0 Å². The van der Waals surface area contributed by atoms with Crippen LogP contribution in [-0.2, 0) is 11.3 Å². The predicted molar refractivity (Wildman–Crippen MR) is 105 cm³/mol. The Morgan fingerprint density at radius 2 is 1.85 bits per heavy atom. The summed E-state index contributed by atoms with van der Waals surface area (Å²) in [5.41, 5.74) is 1.23. The van der Waals surface area contributed by atoms with Gasteiger partial charge in [0.25, 0.3) is 0 Å². The van der Waals surface area contributed by atoms with Gasteiger partial charge < -0.3 is 19.3 Å². The quantitative estimate of drug-likeness (QED) is 0.695. The van der Waals surface area contributed by atoms with Crippen LogP contribution >= 0.6 is 0 Å². The summed E-state index contributed by atoms with van der Waals surface area (Å²) >= 11 is 0. The van der Waals surface area contributed by atoms with Crippen molar-refractivity contribution in [2.75, 3.05) is 33.4 Å². The Kier molecular flexibility index (Phi) is 7.51. The topological polar surface area (TPSA) is 51.2 Å². The summed E-state index contributed by atoms with van der Waals surface area (Å²) in [7, 11) is 1.63. The second kappa shape index (κ2) is 10.3. The number of hydrogen-bond acceptors (Lipinski definition) is 5. The molecule has 1 aliphatic heterocycles. The van der Waals surface area contributed by atoms with Gasteiger partial charge in [-0.05, 0) is 42.7 Å². The lowest BCUT2D eigenvalue weighted by atomic mass is 10.1. The molecule has 1 heterocycles. The maximum Gasteiger partial charge on any atom is 0.119 e. The Morgan fingerprint density at radius 3 is 2.52 bits per heavy atom. The fourth-order valence-corrected chi connectivity index (χ4v) is 3.34. The molecular weight excluding hydrogens is 342 g/mol. The number of ether oxygens (including phenoxy) is 3. The molecule has 1 fully saturated rings. The van der Waals surface area contributed by atoms with Gasteiger partial charge in [0.1, 0.15) is 24.2 Å². The molecule has 2 aromatic rings. The fourth-order valence-electron chi connectivity index (χ4n) is 3.34. The Morgan fingerprint density at radius 1 is 1.11 bits per heavy atom. The molecule has 5 nitrogen and oxygen atoms in total. The molecule has 2 atom stereocenters. The highest BCUT2D eigenvalue weighted by molar-refractivity contribution is 5.31. The molecule has 3 rings (SSSR count). The molecule has 2 aromatic carbocycles. The normalized spacial score (nSPS) is 17.8. The number of benzene rings is 2. The van der Waals surface area contributed by atoms with Gasteiger partial charge in [-0.3, -0.25) is 4.90 Å². The second-order valence-corrected chi connectivity index (χ2v) is 6.96. The van der Waals surface area contributed by atoms with Gasteiger partial charge in [0, 0.05) is 26.2 Å². The van der Waals surface area contributed by atoms with Crippen molar-refractivity contribution in [3.05, 3.63) is 60.2 Å². The van der Waals surface area contributed by atoms with Crippen LogP contribution in [0, 0.1) is 0 Å². The van der Waals surface area contributed by atoms with Crippen LogP contribution in [-0.4, -0.2) is 55.6 Å². The number of methoxy groups -OCH3 is 1. The molecular formula is C22H29NO4. The molecule has 0 unspecified atom stereocenters. The van der Waals surface area contributed by atoms with Gasteiger partial charge in [-0.25, -0.2) is 0 Å². The molecule has 1 aliphatic rings. The summed E-state index contributed by atoms with van der Waals surface area (Å²) < 4.78 is 16.7. The molecule has 0 aliphatic carbocycles. The van der Waals surface area contributed by atoms with Gasteiger partial charge in [0.15, 0.2) is 0 Å². The molecule has 5 heteroatoms. The van der Waals surface area contributed by atoms with Crippen LogP contribution < -0.4 is 9.47 Å². The summed E-state index contributed by atoms with van der Waals surface area (Å²) in [5, 5.41) is 10.5. The van der Waals surface area contributed by atoms with E-state index in [1.54, 1.807) is 7.11 Å². The van der Waals surface area contributed by atoms with Crippen molar-refractivity contribution in [3.8, 4) is 11.5 Å². The lowest BCUT2D eigenvalue weighted by molar-refractivity contribution is 0.0313. The summed E-state index contributed by atoms with van der Waals surface area (Å²) in [5.74, 6) is 1.51. The van der Waals surface area contributed by atoms with E-state index in [0.29, 0.717) is 6.54 Å². The minimum atomic E-state index is -0.572. The van der Waals surface area contributed by atoms with E-state index in [1.807, 2.05) is 42.5 Å². The van der Waals surface area contributed by atoms with E-state index in [1.165, 1.54) is 5.56 Å². The summed E-state index contributed by atoms with van der Waals surface area (Å²) in [6, 6.07) is 17.7. The Labute approximate surface area is 161 Å². The van der Waals surface area contributed by atoms with E-state index in [2.05, 4.69) is 17.0 Å². The Balaban J connectivity index is 1.52. The molecule has 146 valence electrons. The van der Waals surface area contributed by atoms with E-state index in [-0.39, 0.29) is 12.7 Å². The van der Waals surface area contributed by atoms with Crippen molar-refractivity contribution in [1.29, 1.82) is 0 Å². The van der Waals surface area contributed by atoms with Crippen LogP contribution in [0.1, 0.15) is 18.4 Å². The van der Waals surface area contributed by atoms with Crippen molar-refractivity contribution >= 4 is 0 Å². The smallest absolute Gasteiger partial charge is 0.119 e. The zero-order valence-electron chi connectivity index (χ0n) is 15.9. The highest BCUT2D eigenvalue weighted by Crippen LogP contribution is 2.18. The monoisotopic (exact) mass is 371 g/mol. The van der Waals surface area contributed by atoms with Crippen LogP contribution in [0.15, 0.2) is 54.6 Å². The summed E-state index contributed by atoms with van der Waals surface area (Å²) in [4.78, 5) is 2.26. The lowest BCUT2D eigenvalue weighted by Gasteiger charge is -2.27. The zero-order valence-corrected chi connectivity index (χ0v) is 15.9. The first-order valence-corrected chi connectivity index (χ1v) is 9.56. The number of aliphatic hydroxyl groups excluding tert-OH is 1. The Hall–Kier alpha value is -2.08. The van der Waals surface area contributed by atoms with Gasteiger partial charge in [0.05, 0.1) is 13.2 Å². The SMILES string of the molecule is COc1ccc(OC[C@H](O)CN(Cc2ccccc2)C[C@H]2CCCO2)cc1. The van der Waals surface area contributed by atoms with E-state index >= 15 is 0 Å². The lowest BCUT2D eigenvalue weighted by Crippen LogP contribution is -2.39. The standard InChI is InChI=1S/C22H29NO4/c1-25-20-9-11-21(12-10-20)27-17-19(24)15-23(16-22-8-5-13-26-22)14-18-6-3-2-4-7-18/h2-4,6-7,9-12,19,22,24H,5,8,13-17H2,1H3/t19-,22-/m1/s1. The first-order valence-electron chi connectivity index (χ1n) is 9.56. The average Bonchev–Trinajstić information content (AvgIpc) is 3.20. The number of rotatable bonds is 10. The van der Waals surface area contributed by atoms with Crippen molar-refractivity contribution in [1.82, 2.24) is 4.90 Å². The fraction of sp³-hybridized carbons (Fsp3) is 0.455. The van der Waals surface area contributed by atoms with E-state index in [0.717, 1.165) is 44.0 Å². The van der Waals surface area contributed by atoms with Crippen LogP contribution in [0.4, 0.5) is 0 Å². The van der Waals surface area contributed by atoms with Gasteiger partial charge >= 0.3 is 0 Å². The van der Waals surface area contributed by atoms with Gasteiger partial charge in [-0.15, -0.1) is 0 Å². The maximum absolute atomic E-state index is 10.5. The molecule has 1 N–H and O–H groups in total. The van der Waals surface area contributed by atoms with Crippen LogP contribution in [0.2, 0.25) is 0 Å². The molecule has 0 saturated carbocycles. The molecule has 27 heavy (non-hydrogen) atoms. The molecule has 0 bridgehead atoms. The maximum atomic E-state index is 10.5. The van der Waals surface area contributed by atoms with E-state index in [9.17, 15) is 5.11 Å². The Bertz CT molecular complexity index is 656. The van der Waals surface area contributed by atoms with Gasteiger partial charge in [0.2, 0.25) is 0 Å². The number of aliphatic hydroxyl groups is 1. The van der Waals surface area contributed by atoms with Crippen LogP contribution in [0.5, 0.6) is 11.5 Å². The molecule has 0 aromatic heterocycles. The highest BCUT2D eigenvalue weighted by Gasteiger charge is 2.21. The first kappa shape index (κ1) is 19.7. The van der Waals surface area contributed by atoms with Crippen molar-refractivity contribution in [2.24, 2.45) is 0 Å². The average molecular weight is 371 g/mol. The van der Waals surface area contributed by atoms with Crippen LogP contribution in [0.25, 0.3) is 0 Å². The summed E-state index contributed by atoms with van der Waals surface area (Å²) in [6.07, 6.45) is 1.89. The van der Waals surface area contributed by atoms with Crippen molar-refractivity contribution in [3.63, 3.8) is 0 Å². The molecule has 0 radical (unpaired) electrons. The molecule has 0 amide bonds. The first-order chi connectivity index (χ1) is 13.2. The molecule has 1 saturated heterocycles. The van der Waals surface area contributed by atoms with E-state index in [4.69, 9.17) is 14.2 Å². The largest absolute Gasteiger partial charge is 0.497 e. The third-order valence-electron chi connectivity index (χ3n) is 4.71. The van der Waals surface area contributed by atoms with E-state index < -0.39 is 6.10 Å².